The van der Waals surface area contributed by atoms with Crippen LogP contribution in [0.15, 0.2) is 29.1 Å². The Balaban J connectivity index is 1.64. The van der Waals surface area contributed by atoms with Crippen molar-refractivity contribution in [2.45, 2.75) is 44.9 Å². The maximum Gasteiger partial charge on any atom is 0.152 e. The lowest BCUT2D eigenvalue weighted by Gasteiger charge is -2.27. The fourth-order valence-corrected chi connectivity index (χ4v) is 5.97. The predicted octanol–water partition coefficient (Wildman–Crippen LogP) is 5.37. The fourth-order valence-electron chi connectivity index (χ4n) is 4.80. The van der Waals surface area contributed by atoms with Crippen LogP contribution in [0.2, 0.25) is 0 Å². The van der Waals surface area contributed by atoms with Crippen LogP contribution < -0.4 is 4.90 Å². The Labute approximate surface area is 167 Å². The molecule has 5 heterocycles. The van der Waals surface area contributed by atoms with Crippen LogP contribution in [0.25, 0.3) is 31.9 Å². The summed E-state index contributed by atoms with van der Waals surface area (Å²) in [5.41, 5.74) is 4.89. The first-order valence-corrected chi connectivity index (χ1v) is 11.1. The molecule has 0 aromatic carbocycles. The van der Waals surface area contributed by atoms with Gasteiger partial charge >= 0.3 is 0 Å². The molecule has 0 radical (unpaired) electrons. The highest BCUT2D eigenvalue weighted by Crippen LogP contribution is 2.43. The van der Waals surface area contributed by atoms with Gasteiger partial charge in [0.2, 0.25) is 0 Å². The highest BCUT2D eigenvalue weighted by molar-refractivity contribution is 7.26. The Bertz CT molecular complexity index is 1160. The van der Waals surface area contributed by atoms with Crippen LogP contribution in [0.3, 0.4) is 0 Å². The number of furan rings is 1. The van der Waals surface area contributed by atoms with Gasteiger partial charge in [-0.1, -0.05) is 0 Å². The zero-order valence-corrected chi connectivity index (χ0v) is 16.6. The highest BCUT2D eigenvalue weighted by atomic mass is 32.1. The van der Waals surface area contributed by atoms with Crippen LogP contribution >= 0.6 is 11.3 Å². The molecule has 0 amide bonds. The zero-order valence-electron chi connectivity index (χ0n) is 15.8. The van der Waals surface area contributed by atoms with Gasteiger partial charge in [0.25, 0.3) is 0 Å². The number of hydrogen-bond donors (Lipinski definition) is 0. The summed E-state index contributed by atoms with van der Waals surface area (Å²) in [4.78, 5) is 18.0. The lowest BCUT2D eigenvalue weighted by Crippen LogP contribution is -2.30. The monoisotopic (exact) mass is 390 g/mol. The molecule has 0 unspecified atom stereocenters. The normalized spacial score (nSPS) is 17.4. The molecular weight excluding hydrogens is 368 g/mol. The molecule has 1 aliphatic heterocycles. The second-order valence-corrected chi connectivity index (χ2v) is 8.81. The second-order valence-electron chi connectivity index (χ2n) is 7.81. The smallest absolute Gasteiger partial charge is 0.152 e. The van der Waals surface area contributed by atoms with E-state index in [2.05, 4.69) is 9.88 Å². The third-order valence-corrected chi connectivity index (χ3v) is 7.18. The van der Waals surface area contributed by atoms with Crippen molar-refractivity contribution in [2.24, 2.45) is 0 Å². The Hall–Kier alpha value is -2.47. The first-order chi connectivity index (χ1) is 13.9. The molecule has 0 saturated carbocycles. The number of piperidine rings is 1. The van der Waals surface area contributed by atoms with E-state index in [-0.39, 0.29) is 0 Å². The molecule has 4 aromatic heterocycles. The van der Waals surface area contributed by atoms with Crippen LogP contribution in [-0.2, 0) is 12.8 Å². The van der Waals surface area contributed by atoms with Gasteiger partial charge in [-0.2, -0.15) is 0 Å². The largest absolute Gasteiger partial charge is 0.463 e. The van der Waals surface area contributed by atoms with E-state index >= 15 is 0 Å². The summed E-state index contributed by atoms with van der Waals surface area (Å²) in [5, 5.41) is 1.26. The Morgan fingerprint density at radius 2 is 1.82 bits per heavy atom. The summed E-state index contributed by atoms with van der Waals surface area (Å²) in [6.07, 6.45) is 11.9. The standard InChI is InChI=1S/C22H22N4OS/c1-4-10-26(11-5-1)21-20-19(23-13-24-21)17-14-7-2-3-8-15(14)18(25-22(17)28-20)16-9-6-12-27-16/h6,9,12-13H,1-5,7-8,10-11H2. The van der Waals surface area contributed by atoms with Crippen molar-refractivity contribution < 1.29 is 4.42 Å². The van der Waals surface area contributed by atoms with Gasteiger partial charge in [0, 0.05) is 18.5 Å². The molecule has 0 bridgehead atoms. The Kier molecular flexibility index (Phi) is 3.86. The van der Waals surface area contributed by atoms with Gasteiger partial charge in [-0.25, -0.2) is 15.0 Å². The van der Waals surface area contributed by atoms with E-state index in [1.54, 1.807) is 23.9 Å². The van der Waals surface area contributed by atoms with E-state index in [1.807, 2.05) is 12.1 Å². The fraction of sp³-hybridized carbons (Fsp3) is 0.409. The summed E-state index contributed by atoms with van der Waals surface area (Å²) in [6, 6.07) is 3.97. The molecule has 0 N–H and O–H groups in total. The van der Waals surface area contributed by atoms with Crippen molar-refractivity contribution in [1.82, 2.24) is 15.0 Å². The van der Waals surface area contributed by atoms with Crippen LogP contribution in [0.5, 0.6) is 0 Å². The second kappa shape index (κ2) is 6.55. The number of pyridine rings is 1. The number of fused-ring (bicyclic) bond motifs is 5. The third-order valence-electron chi connectivity index (χ3n) is 6.11. The molecule has 0 spiro atoms. The number of rotatable bonds is 2. The number of aryl methyl sites for hydroxylation is 1. The predicted molar refractivity (Wildman–Crippen MR) is 113 cm³/mol. The molecule has 1 saturated heterocycles. The van der Waals surface area contributed by atoms with Gasteiger partial charge in [0.05, 0.1) is 16.5 Å². The van der Waals surface area contributed by atoms with Gasteiger partial charge < -0.3 is 9.32 Å². The minimum absolute atomic E-state index is 0.875. The summed E-state index contributed by atoms with van der Waals surface area (Å²) in [5.74, 6) is 1.97. The van der Waals surface area contributed by atoms with Gasteiger partial charge in [-0.15, -0.1) is 11.3 Å². The van der Waals surface area contributed by atoms with Gasteiger partial charge in [-0.05, 0) is 68.2 Å². The van der Waals surface area contributed by atoms with E-state index < -0.39 is 0 Å². The number of hydrogen-bond acceptors (Lipinski definition) is 6. The molecule has 6 heteroatoms. The Morgan fingerprint density at radius 3 is 2.64 bits per heavy atom. The number of anilines is 1. The highest BCUT2D eigenvalue weighted by Gasteiger charge is 2.26. The first-order valence-electron chi connectivity index (χ1n) is 10.3. The van der Waals surface area contributed by atoms with E-state index in [0.29, 0.717) is 0 Å². The summed E-state index contributed by atoms with van der Waals surface area (Å²) >= 11 is 1.75. The molecule has 6 rings (SSSR count). The third kappa shape index (κ3) is 2.47. The average Bonchev–Trinajstić information content (AvgIpc) is 3.41. The molecule has 1 fully saturated rings. The van der Waals surface area contributed by atoms with E-state index in [9.17, 15) is 0 Å². The van der Waals surface area contributed by atoms with Crippen molar-refractivity contribution in [1.29, 1.82) is 0 Å². The minimum atomic E-state index is 0.875. The minimum Gasteiger partial charge on any atom is -0.463 e. The molecule has 28 heavy (non-hydrogen) atoms. The average molecular weight is 391 g/mol. The van der Waals surface area contributed by atoms with Crippen LogP contribution in [0.4, 0.5) is 5.82 Å². The van der Waals surface area contributed by atoms with E-state index in [1.165, 1.54) is 53.3 Å². The summed E-state index contributed by atoms with van der Waals surface area (Å²) in [7, 11) is 0. The van der Waals surface area contributed by atoms with Crippen LogP contribution in [-0.4, -0.2) is 28.0 Å². The maximum atomic E-state index is 5.73. The Morgan fingerprint density at radius 1 is 0.964 bits per heavy atom. The maximum absolute atomic E-state index is 5.73. The number of thiophene rings is 1. The summed E-state index contributed by atoms with van der Waals surface area (Å²) in [6.45, 7) is 2.17. The van der Waals surface area contributed by atoms with Crippen molar-refractivity contribution in [3.05, 3.63) is 35.9 Å². The zero-order chi connectivity index (χ0) is 18.5. The lowest BCUT2D eigenvalue weighted by atomic mass is 9.88. The van der Waals surface area contributed by atoms with Crippen molar-refractivity contribution >= 4 is 37.6 Å². The van der Waals surface area contributed by atoms with E-state index in [0.717, 1.165) is 53.6 Å². The van der Waals surface area contributed by atoms with Crippen LogP contribution in [0, 0.1) is 0 Å². The lowest BCUT2D eigenvalue weighted by molar-refractivity contribution is 0.575. The van der Waals surface area contributed by atoms with Gasteiger partial charge in [0.1, 0.15) is 22.7 Å². The SMILES string of the molecule is c1coc(-c2nc3sc4c(N5CCCCC5)ncnc4c3c3c2CCCC3)c1. The van der Waals surface area contributed by atoms with Gasteiger partial charge in [-0.3, -0.25) is 0 Å². The number of aromatic nitrogens is 3. The molecular formula is C22H22N4OS. The molecule has 142 valence electrons. The molecule has 2 aliphatic rings. The van der Waals surface area contributed by atoms with Crippen molar-refractivity contribution in [3.8, 4) is 11.5 Å². The van der Waals surface area contributed by atoms with Crippen LogP contribution in [0.1, 0.15) is 43.2 Å². The van der Waals surface area contributed by atoms with E-state index in [4.69, 9.17) is 14.4 Å². The molecule has 5 nitrogen and oxygen atoms in total. The van der Waals surface area contributed by atoms with Crippen molar-refractivity contribution in [3.63, 3.8) is 0 Å². The topological polar surface area (TPSA) is 55.1 Å². The van der Waals surface area contributed by atoms with Crippen molar-refractivity contribution in [2.75, 3.05) is 18.0 Å². The molecule has 0 atom stereocenters. The summed E-state index contributed by atoms with van der Waals surface area (Å²) < 4.78 is 6.92. The molecule has 1 aliphatic carbocycles. The molecule has 4 aromatic rings. The van der Waals surface area contributed by atoms with Gasteiger partial charge in [0.15, 0.2) is 5.76 Å². The number of nitrogens with zero attached hydrogens (tertiary/aromatic N) is 4. The quantitative estimate of drug-likeness (QED) is 0.461. The first kappa shape index (κ1) is 16.5.